The van der Waals surface area contributed by atoms with E-state index < -0.39 is 16.1 Å². The van der Waals surface area contributed by atoms with Crippen molar-refractivity contribution in [1.82, 2.24) is 14.3 Å². The van der Waals surface area contributed by atoms with Gasteiger partial charge in [0.2, 0.25) is 0 Å². The monoisotopic (exact) mass is 565 g/mol. The number of carbonyl (C=O) groups excluding carboxylic acids is 1. The van der Waals surface area contributed by atoms with Crippen LogP contribution in [0.5, 0.6) is 0 Å². The number of rotatable bonds is 5. The van der Waals surface area contributed by atoms with Crippen LogP contribution >= 0.6 is 22.6 Å². The number of aldehydes is 1. The second-order valence-electron chi connectivity index (χ2n) is 7.65. The standard InChI is InChI=1S/C22H20IN3O5S/c1-13-5-7-17(8-6-13)32(30,31)26-11-18(23)20-19(15(12-27)10-24-21(20)26)14-3-2-4-16(9-14)25-22(28)29/h3,5-8,10-12,16,25H,2,4,9H2,1H3,(H,28,29). The fraction of sp³-hybridized carbons (Fsp3) is 0.227. The van der Waals surface area contributed by atoms with Crippen LogP contribution in [0, 0.1) is 10.5 Å². The van der Waals surface area contributed by atoms with Crippen LogP contribution in [0.3, 0.4) is 0 Å². The lowest BCUT2D eigenvalue weighted by atomic mass is 9.87. The zero-order chi connectivity index (χ0) is 23.0. The lowest BCUT2D eigenvalue weighted by Gasteiger charge is -2.24. The van der Waals surface area contributed by atoms with Crippen molar-refractivity contribution >= 4 is 61.6 Å². The van der Waals surface area contributed by atoms with Gasteiger partial charge in [0.05, 0.1) is 4.90 Å². The van der Waals surface area contributed by atoms with E-state index in [4.69, 9.17) is 5.11 Å². The van der Waals surface area contributed by atoms with Crippen LogP contribution in [-0.2, 0) is 10.0 Å². The molecule has 166 valence electrons. The molecule has 1 atom stereocenters. The summed E-state index contributed by atoms with van der Waals surface area (Å²) in [7, 11) is -3.90. The first-order chi connectivity index (χ1) is 15.2. The summed E-state index contributed by atoms with van der Waals surface area (Å²) in [6, 6.07) is 6.28. The van der Waals surface area contributed by atoms with Crippen LogP contribution in [0.1, 0.15) is 40.7 Å². The van der Waals surface area contributed by atoms with Gasteiger partial charge in [-0.1, -0.05) is 23.8 Å². The lowest BCUT2D eigenvalue weighted by molar-refractivity contribution is 0.112. The maximum absolute atomic E-state index is 13.3. The molecule has 2 N–H and O–H groups in total. The lowest BCUT2D eigenvalue weighted by Crippen LogP contribution is -2.34. The average Bonchev–Trinajstić information content (AvgIpc) is 3.10. The molecule has 8 nitrogen and oxygen atoms in total. The molecule has 1 aliphatic carbocycles. The molecule has 1 aromatic carbocycles. The van der Waals surface area contributed by atoms with Crippen molar-refractivity contribution in [3.05, 3.63) is 63.0 Å². The number of halogens is 1. The minimum Gasteiger partial charge on any atom is -0.465 e. The Balaban J connectivity index is 1.89. The number of aryl methyl sites for hydroxylation is 1. The molecule has 2 heterocycles. The highest BCUT2D eigenvalue weighted by molar-refractivity contribution is 14.1. The highest BCUT2D eigenvalue weighted by atomic mass is 127. The van der Waals surface area contributed by atoms with Crippen LogP contribution in [-0.4, -0.2) is 40.9 Å². The number of hydrogen-bond donors (Lipinski definition) is 2. The Morgan fingerprint density at radius 2 is 2.03 bits per heavy atom. The van der Waals surface area contributed by atoms with Crippen molar-refractivity contribution in [2.45, 2.75) is 37.1 Å². The molecule has 0 spiro atoms. The molecule has 32 heavy (non-hydrogen) atoms. The Labute approximate surface area is 198 Å². The normalized spacial score (nSPS) is 16.6. The van der Waals surface area contributed by atoms with E-state index in [1.165, 1.54) is 12.4 Å². The fourth-order valence-corrected chi connectivity index (χ4v) is 6.29. The van der Waals surface area contributed by atoms with E-state index in [0.717, 1.165) is 15.1 Å². The van der Waals surface area contributed by atoms with Gasteiger partial charge in [-0.15, -0.1) is 0 Å². The number of allylic oxidation sites excluding steroid dienone is 1. The number of carboxylic acid groups (broad SMARTS) is 1. The maximum Gasteiger partial charge on any atom is 0.404 e. The van der Waals surface area contributed by atoms with Crippen molar-refractivity contribution in [3.8, 4) is 0 Å². The van der Waals surface area contributed by atoms with Crippen molar-refractivity contribution in [1.29, 1.82) is 0 Å². The molecule has 0 fully saturated rings. The smallest absolute Gasteiger partial charge is 0.404 e. The molecule has 0 bridgehead atoms. The predicted octanol–water partition coefficient (Wildman–Crippen LogP) is 4.20. The molecule has 1 aliphatic rings. The first kappa shape index (κ1) is 22.5. The van der Waals surface area contributed by atoms with Gasteiger partial charge >= 0.3 is 6.09 Å². The van der Waals surface area contributed by atoms with Crippen LogP contribution in [0.2, 0.25) is 0 Å². The zero-order valence-electron chi connectivity index (χ0n) is 17.1. The molecule has 10 heteroatoms. The van der Waals surface area contributed by atoms with E-state index in [1.54, 1.807) is 24.3 Å². The number of hydrogen-bond acceptors (Lipinski definition) is 5. The van der Waals surface area contributed by atoms with Crippen molar-refractivity contribution in [2.75, 3.05) is 0 Å². The number of benzene rings is 1. The quantitative estimate of drug-likeness (QED) is 0.354. The summed E-state index contributed by atoms with van der Waals surface area (Å²) in [5.74, 6) is 0. The summed E-state index contributed by atoms with van der Waals surface area (Å²) < 4.78 is 28.5. The number of carbonyl (C=O) groups is 2. The van der Waals surface area contributed by atoms with E-state index in [0.29, 0.717) is 45.6 Å². The Morgan fingerprint density at radius 3 is 2.69 bits per heavy atom. The van der Waals surface area contributed by atoms with Crippen molar-refractivity contribution in [2.24, 2.45) is 0 Å². The van der Waals surface area contributed by atoms with Gasteiger partial charge in [0.15, 0.2) is 11.9 Å². The second-order valence-corrected chi connectivity index (χ2v) is 10.6. The van der Waals surface area contributed by atoms with Gasteiger partial charge < -0.3 is 10.4 Å². The summed E-state index contributed by atoms with van der Waals surface area (Å²) in [6.45, 7) is 1.88. The van der Waals surface area contributed by atoms with Gasteiger partial charge in [-0.3, -0.25) is 4.79 Å². The molecule has 0 radical (unpaired) electrons. The van der Waals surface area contributed by atoms with Crippen molar-refractivity contribution in [3.63, 3.8) is 0 Å². The number of pyridine rings is 1. The van der Waals surface area contributed by atoms with Gasteiger partial charge in [0.25, 0.3) is 10.0 Å². The number of nitrogens with one attached hydrogen (secondary N) is 1. The van der Waals surface area contributed by atoms with Gasteiger partial charge in [0, 0.05) is 38.5 Å². The molecule has 0 saturated heterocycles. The van der Waals surface area contributed by atoms with Crippen LogP contribution in [0.15, 0.2) is 47.6 Å². The van der Waals surface area contributed by atoms with E-state index in [2.05, 4.69) is 10.3 Å². The summed E-state index contributed by atoms with van der Waals surface area (Å²) in [4.78, 5) is 27.4. The Kier molecular flexibility index (Phi) is 6.08. The Bertz CT molecular complexity index is 1360. The second kappa shape index (κ2) is 8.66. The topological polar surface area (TPSA) is 118 Å². The van der Waals surface area contributed by atoms with Gasteiger partial charge in [-0.25, -0.2) is 22.2 Å². The number of fused-ring (bicyclic) bond motifs is 1. The fourth-order valence-electron chi connectivity index (χ4n) is 3.99. The van der Waals surface area contributed by atoms with Crippen molar-refractivity contribution < 1.29 is 23.1 Å². The third-order valence-electron chi connectivity index (χ3n) is 5.49. The summed E-state index contributed by atoms with van der Waals surface area (Å²) >= 11 is 2.05. The molecule has 0 aliphatic heterocycles. The number of aromatic nitrogens is 2. The average molecular weight is 565 g/mol. The minimum atomic E-state index is -3.90. The summed E-state index contributed by atoms with van der Waals surface area (Å²) in [5.41, 5.74) is 2.91. The van der Waals surface area contributed by atoms with E-state index in [9.17, 15) is 18.0 Å². The van der Waals surface area contributed by atoms with Gasteiger partial charge in [-0.05, 0) is 66.5 Å². The Morgan fingerprint density at radius 1 is 1.31 bits per heavy atom. The van der Waals surface area contributed by atoms with Gasteiger partial charge in [-0.2, -0.15) is 0 Å². The highest BCUT2D eigenvalue weighted by Gasteiger charge is 2.27. The molecule has 1 unspecified atom stereocenters. The molecule has 4 rings (SSSR count). The predicted molar refractivity (Wildman–Crippen MR) is 128 cm³/mol. The summed E-state index contributed by atoms with van der Waals surface area (Å²) in [5, 5.41) is 12.2. The van der Waals surface area contributed by atoms with Gasteiger partial charge in [0.1, 0.15) is 0 Å². The SMILES string of the molecule is Cc1ccc(S(=O)(=O)n2cc(I)c3c(C4=CCCC(NC(=O)O)C4)c(C=O)cnc32)cc1. The molecule has 2 aromatic heterocycles. The first-order valence-corrected chi connectivity index (χ1v) is 12.4. The number of amides is 1. The first-order valence-electron chi connectivity index (χ1n) is 9.88. The summed E-state index contributed by atoms with van der Waals surface area (Å²) in [6.07, 6.45) is 6.14. The van der Waals surface area contributed by atoms with E-state index in [-0.39, 0.29) is 16.6 Å². The Hall–Kier alpha value is -2.73. The van der Waals surface area contributed by atoms with Crippen LogP contribution in [0.4, 0.5) is 4.79 Å². The van der Waals surface area contributed by atoms with Crippen LogP contribution < -0.4 is 5.32 Å². The molecular formula is C22H20IN3O5S. The van der Waals surface area contributed by atoms with Crippen LogP contribution in [0.25, 0.3) is 16.6 Å². The third kappa shape index (κ3) is 4.04. The molecular weight excluding hydrogens is 545 g/mol. The molecule has 1 amide bonds. The number of nitrogens with zero attached hydrogens (tertiary/aromatic N) is 2. The maximum atomic E-state index is 13.3. The largest absolute Gasteiger partial charge is 0.465 e. The highest BCUT2D eigenvalue weighted by Crippen LogP contribution is 2.37. The zero-order valence-corrected chi connectivity index (χ0v) is 20.1. The third-order valence-corrected chi connectivity index (χ3v) is 7.97. The molecule has 3 aromatic rings. The van der Waals surface area contributed by atoms with E-state index in [1.807, 2.05) is 35.6 Å². The molecule has 0 saturated carbocycles. The van der Waals surface area contributed by atoms with E-state index >= 15 is 0 Å². The minimum absolute atomic E-state index is 0.141.